The number of methoxy groups -OCH3 is 1. The number of ether oxygens (including phenoxy) is 1. The van der Waals surface area contributed by atoms with Crippen LogP contribution in [0, 0.1) is 17.8 Å². The first-order chi connectivity index (χ1) is 8.60. The summed E-state index contributed by atoms with van der Waals surface area (Å²) >= 11 is 0. The van der Waals surface area contributed by atoms with E-state index in [-0.39, 0.29) is 12.0 Å². The van der Waals surface area contributed by atoms with Crippen LogP contribution in [0.1, 0.15) is 32.6 Å². The van der Waals surface area contributed by atoms with Gasteiger partial charge in [0.15, 0.2) is 0 Å². The van der Waals surface area contributed by atoms with Crippen LogP contribution in [0.5, 0.6) is 0 Å². The molecule has 0 aromatic carbocycles. The number of rotatable bonds is 3. The monoisotopic (exact) mass is 254 g/mol. The van der Waals surface area contributed by atoms with Crippen LogP contribution >= 0.6 is 0 Å². The van der Waals surface area contributed by atoms with E-state index in [1.165, 1.54) is 0 Å². The highest BCUT2D eigenvalue weighted by molar-refractivity contribution is 5.79. The normalized spacial score (nSPS) is 36.9. The lowest BCUT2D eigenvalue weighted by molar-refractivity contribution is -0.136. The molecule has 18 heavy (non-hydrogen) atoms. The number of carbonyl (C=O) groups is 1. The quantitative estimate of drug-likeness (QED) is 0.824. The van der Waals surface area contributed by atoms with E-state index in [1.807, 2.05) is 4.90 Å². The summed E-state index contributed by atoms with van der Waals surface area (Å²) in [5, 5.41) is 0. The average Bonchev–Trinajstić information content (AvgIpc) is 2.76. The Morgan fingerprint density at radius 3 is 2.83 bits per heavy atom. The molecule has 4 atom stereocenters. The van der Waals surface area contributed by atoms with Gasteiger partial charge in [-0.1, -0.05) is 6.92 Å². The first-order valence-electron chi connectivity index (χ1n) is 7.13. The molecule has 4 unspecified atom stereocenters. The van der Waals surface area contributed by atoms with Gasteiger partial charge in [-0.25, -0.2) is 0 Å². The lowest BCUT2D eigenvalue weighted by atomic mass is 9.79. The number of amides is 1. The van der Waals surface area contributed by atoms with Gasteiger partial charge in [-0.05, 0) is 31.6 Å². The highest BCUT2D eigenvalue weighted by Gasteiger charge is 2.34. The third kappa shape index (κ3) is 3.23. The Labute approximate surface area is 110 Å². The molecule has 4 heteroatoms. The van der Waals surface area contributed by atoms with E-state index in [9.17, 15) is 4.79 Å². The third-order valence-electron chi connectivity index (χ3n) is 4.33. The molecule has 0 bridgehead atoms. The van der Waals surface area contributed by atoms with Crippen molar-refractivity contribution in [3.63, 3.8) is 0 Å². The summed E-state index contributed by atoms with van der Waals surface area (Å²) in [6.45, 7) is 4.74. The summed E-state index contributed by atoms with van der Waals surface area (Å²) in [7, 11) is 1.73. The van der Waals surface area contributed by atoms with Gasteiger partial charge in [0.05, 0.1) is 6.61 Å². The van der Waals surface area contributed by atoms with E-state index in [2.05, 4.69) is 6.92 Å². The van der Waals surface area contributed by atoms with Crippen molar-refractivity contribution in [2.24, 2.45) is 23.5 Å². The Morgan fingerprint density at radius 1 is 1.39 bits per heavy atom. The smallest absolute Gasteiger partial charge is 0.225 e. The first kappa shape index (κ1) is 13.8. The topological polar surface area (TPSA) is 55.6 Å². The van der Waals surface area contributed by atoms with Gasteiger partial charge < -0.3 is 15.4 Å². The minimum atomic E-state index is 0.157. The summed E-state index contributed by atoms with van der Waals surface area (Å²) in [5.41, 5.74) is 6.04. The molecule has 1 saturated heterocycles. The highest BCUT2D eigenvalue weighted by Crippen LogP contribution is 2.30. The fraction of sp³-hybridized carbons (Fsp3) is 0.929. The molecule has 2 N–H and O–H groups in total. The second-order valence-electron chi connectivity index (χ2n) is 6.16. The summed E-state index contributed by atoms with van der Waals surface area (Å²) in [6.07, 6.45) is 4.02. The molecule has 1 saturated carbocycles. The van der Waals surface area contributed by atoms with E-state index >= 15 is 0 Å². The molecular weight excluding hydrogens is 228 g/mol. The molecule has 1 amide bonds. The van der Waals surface area contributed by atoms with Gasteiger partial charge in [-0.15, -0.1) is 0 Å². The molecule has 1 heterocycles. The number of nitrogens with two attached hydrogens (primary N) is 1. The van der Waals surface area contributed by atoms with Crippen molar-refractivity contribution in [3.05, 3.63) is 0 Å². The standard InChI is InChI=1S/C14H26N2O2/c1-10-5-12(7-13(15)6-10)14(17)16-4-3-11(8-16)9-18-2/h10-13H,3-9,15H2,1-2H3. The van der Waals surface area contributed by atoms with Crippen LogP contribution in [0.2, 0.25) is 0 Å². The summed E-state index contributed by atoms with van der Waals surface area (Å²) in [4.78, 5) is 14.5. The number of likely N-dealkylation sites (tertiary alicyclic amines) is 1. The van der Waals surface area contributed by atoms with Crippen LogP contribution in [-0.4, -0.2) is 43.7 Å². The number of carbonyl (C=O) groups excluding carboxylic acids is 1. The molecule has 2 rings (SSSR count). The maximum Gasteiger partial charge on any atom is 0.225 e. The summed E-state index contributed by atoms with van der Waals surface area (Å²) in [5.74, 6) is 1.59. The Kier molecular flexibility index (Phi) is 4.62. The van der Waals surface area contributed by atoms with E-state index in [1.54, 1.807) is 7.11 Å². The molecule has 2 fully saturated rings. The summed E-state index contributed by atoms with van der Waals surface area (Å²) < 4.78 is 5.18. The molecule has 0 radical (unpaired) electrons. The molecular formula is C14H26N2O2. The predicted octanol–water partition coefficient (Wildman–Crippen LogP) is 1.24. The van der Waals surface area contributed by atoms with Crippen LogP contribution in [0.15, 0.2) is 0 Å². The van der Waals surface area contributed by atoms with Crippen LogP contribution in [0.25, 0.3) is 0 Å². The van der Waals surface area contributed by atoms with Crippen LogP contribution in [-0.2, 0) is 9.53 Å². The largest absolute Gasteiger partial charge is 0.384 e. The van der Waals surface area contributed by atoms with E-state index in [0.717, 1.165) is 45.4 Å². The molecule has 1 aliphatic carbocycles. The fourth-order valence-electron chi connectivity index (χ4n) is 3.52. The average molecular weight is 254 g/mol. The van der Waals surface area contributed by atoms with Gasteiger partial charge in [0, 0.05) is 38.1 Å². The third-order valence-corrected chi connectivity index (χ3v) is 4.33. The lowest BCUT2D eigenvalue weighted by Gasteiger charge is -2.32. The van der Waals surface area contributed by atoms with Gasteiger partial charge in [0.2, 0.25) is 5.91 Å². The minimum absolute atomic E-state index is 0.157. The zero-order valence-corrected chi connectivity index (χ0v) is 11.6. The molecule has 1 aliphatic heterocycles. The second kappa shape index (κ2) is 6.02. The van der Waals surface area contributed by atoms with Gasteiger partial charge in [-0.2, -0.15) is 0 Å². The number of hydrogen-bond acceptors (Lipinski definition) is 3. The Hall–Kier alpha value is -0.610. The zero-order chi connectivity index (χ0) is 13.1. The Balaban J connectivity index is 1.87. The van der Waals surface area contributed by atoms with Crippen LogP contribution in [0.3, 0.4) is 0 Å². The fourth-order valence-corrected chi connectivity index (χ4v) is 3.52. The molecule has 0 aromatic rings. The second-order valence-corrected chi connectivity index (χ2v) is 6.16. The van der Waals surface area contributed by atoms with Crippen LogP contribution < -0.4 is 5.73 Å². The van der Waals surface area contributed by atoms with Crippen molar-refractivity contribution in [3.8, 4) is 0 Å². The zero-order valence-electron chi connectivity index (χ0n) is 11.6. The SMILES string of the molecule is COCC1CCN(C(=O)C2CC(C)CC(N)C2)C1. The van der Waals surface area contributed by atoms with Gasteiger partial charge in [-0.3, -0.25) is 4.79 Å². The van der Waals surface area contributed by atoms with E-state index in [0.29, 0.717) is 17.7 Å². The number of hydrogen-bond donors (Lipinski definition) is 1. The van der Waals surface area contributed by atoms with Crippen molar-refractivity contribution >= 4 is 5.91 Å². The van der Waals surface area contributed by atoms with Crippen molar-refractivity contribution in [1.29, 1.82) is 0 Å². The van der Waals surface area contributed by atoms with Crippen LogP contribution in [0.4, 0.5) is 0 Å². The molecule has 0 aromatic heterocycles. The summed E-state index contributed by atoms with van der Waals surface area (Å²) in [6, 6.07) is 0.208. The lowest BCUT2D eigenvalue weighted by Crippen LogP contribution is -2.41. The van der Waals surface area contributed by atoms with Crippen molar-refractivity contribution in [1.82, 2.24) is 4.90 Å². The first-order valence-corrected chi connectivity index (χ1v) is 7.13. The van der Waals surface area contributed by atoms with Crippen molar-refractivity contribution in [2.75, 3.05) is 26.8 Å². The maximum atomic E-state index is 12.5. The van der Waals surface area contributed by atoms with Crippen molar-refractivity contribution < 1.29 is 9.53 Å². The molecule has 0 spiro atoms. The Morgan fingerprint density at radius 2 is 2.17 bits per heavy atom. The predicted molar refractivity (Wildman–Crippen MR) is 71.0 cm³/mol. The Bertz CT molecular complexity index is 286. The molecule has 4 nitrogen and oxygen atoms in total. The number of nitrogens with zero attached hydrogens (tertiary/aromatic N) is 1. The van der Waals surface area contributed by atoms with E-state index in [4.69, 9.17) is 10.5 Å². The van der Waals surface area contributed by atoms with Crippen molar-refractivity contribution in [2.45, 2.75) is 38.6 Å². The maximum absolute atomic E-state index is 12.5. The van der Waals surface area contributed by atoms with Gasteiger partial charge in [0.1, 0.15) is 0 Å². The highest BCUT2D eigenvalue weighted by atomic mass is 16.5. The minimum Gasteiger partial charge on any atom is -0.384 e. The molecule has 104 valence electrons. The van der Waals surface area contributed by atoms with Gasteiger partial charge >= 0.3 is 0 Å². The van der Waals surface area contributed by atoms with E-state index < -0.39 is 0 Å². The molecule has 2 aliphatic rings. The van der Waals surface area contributed by atoms with Gasteiger partial charge in [0.25, 0.3) is 0 Å².